The molecule has 4 aromatic rings. The lowest BCUT2D eigenvalue weighted by Crippen LogP contribution is -2.33. The maximum atomic E-state index is 13.9. The van der Waals surface area contributed by atoms with Gasteiger partial charge in [0.05, 0.1) is 11.4 Å². The summed E-state index contributed by atoms with van der Waals surface area (Å²) in [6.07, 6.45) is 3.92. The van der Waals surface area contributed by atoms with Gasteiger partial charge in [-0.05, 0) is 93.3 Å². The molecule has 1 amide bonds. The van der Waals surface area contributed by atoms with Crippen LogP contribution in [-0.2, 0) is 11.2 Å². The third-order valence-electron chi connectivity index (χ3n) is 7.13. The van der Waals surface area contributed by atoms with Gasteiger partial charge in [0.2, 0.25) is 5.91 Å². The second-order valence-electron chi connectivity index (χ2n) is 9.97. The molecule has 0 aliphatic carbocycles. The van der Waals surface area contributed by atoms with Crippen molar-refractivity contribution in [2.75, 3.05) is 19.6 Å². The molecular weight excluding hydrogens is 475 g/mol. The number of carbonyl (C=O) groups excluding carboxylic acids is 1. The molecule has 1 atom stereocenters. The highest BCUT2D eigenvalue weighted by Crippen LogP contribution is 2.25. The average Bonchev–Trinajstić information content (AvgIpc) is 3.35. The molecule has 0 saturated carbocycles. The average molecular weight is 515 g/mol. The van der Waals surface area contributed by atoms with Crippen molar-refractivity contribution in [3.05, 3.63) is 84.3 Å². The Morgan fingerprint density at radius 3 is 2.53 bits per heavy atom. The number of aryl methyl sites for hydroxylation is 1. The standard InChI is InChI=1S/C32H39FN4O/c1-4-36(5-2)20-10-11-24(3)34-32(38)17-9-16-29-23-31(27-14-8-15-28(33)21-27)35-37(29)30-19-18-25-12-6-7-13-26(25)22-30/h6-8,12-15,18-19,21-24H,4-5,9-11,16-17,20H2,1-3H3,(H,34,38). The topological polar surface area (TPSA) is 50.2 Å². The van der Waals surface area contributed by atoms with E-state index in [1.807, 2.05) is 28.9 Å². The van der Waals surface area contributed by atoms with Crippen LogP contribution in [0.25, 0.3) is 27.7 Å². The van der Waals surface area contributed by atoms with Crippen molar-refractivity contribution in [3.63, 3.8) is 0 Å². The third kappa shape index (κ3) is 7.29. The van der Waals surface area contributed by atoms with Gasteiger partial charge in [0.25, 0.3) is 0 Å². The molecule has 0 fully saturated rings. The summed E-state index contributed by atoms with van der Waals surface area (Å²) in [4.78, 5) is 15.0. The fourth-order valence-electron chi connectivity index (χ4n) is 4.93. The van der Waals surface area contributed by atoms with Crippen LogP contribution < -0.4 is 5.32 Å². The molecule has 1 heterocycles. The molecule has 38 heavy (non-hydrogen) atoms. The Labute approximate surface area is 225 Å². The molecular formula is C32H39FN4O. The minimum absolute atomic E-state index is 0.0856. The summed E-state index contributed by atoms with van der Waals surface area (Å²) in [6.45, 7) is 9.64. The van der Waals surface area contributed by atoms with Crippen molar-refractivity contribution in [1.82, 2.24) is 20.0 Å². The van der Waals surface area contributed by atoms with Crippen LogP contribution in [0, 0.1) is 5.82 Å². The molecule has 0 saturated heterocycles. The molecule has 0 bridgehead atoms. The van der Waals surface area contributed by atoms with Crippen LogP contribution in [0.4, 0.5) is 4.39 Å². The van der Waals surface area contributed by atoms with Gasteiger partial charge in [-0.15, -0.1) is 0 Å². The fourth-order valence-corrected chi connectivity index (χ4v) is 4.93. The number of carbonyl (C=O) groups is 1. The molecule has 1 unspecified atom stereocenters. The van der Waals surface area contributed by atoms with E-state index >= 15 is 0 Å². The van der Waals surface area contributed by atoms with Crippen LogP contribution in [-0.4, -0.2) is 46.3 Å². The Morgan fingerprint density at radius 2 is 1.76 bits per heavy atom. The second-order valence-corrected chi connectivity index (χ2v) is 9.97. The highest BCUT2D eigenvalue weighted by Gasteiger charge is 2.14. The number of benzene rings is 3. The first kappa shape index (κ1) is 27.5. The Hall–Kier alpha value is -3.51. The van der Waals surface area contributed by atoms with Gasteiger partial charge in [-0.1, -0.05) is 56.3 Å². The van der Waals surface area contributed by atoms with Crippen LogP contribution in [0.5, 0.6) is 0 Å². The quantitative estimate of drug-likeness (QED) is 0.214. The molecule has 200 valence electrons. The van der Waals surface area contributed by atoms with Crippen LogP contribution in [0.1, 0.15) is 52.1 Å². The molecule has 3 aromatic carbocycles. The molecule has 0 spiro atoms. The number of halogens is 1. The lowest BCUT2D eigenvalue weighted by Gasteiger charge is -2.19. The molecule has 1 N–H and O–H groups in total. The summed E-state index contributed by atoms with van der Waals surface area (Å²) in [5.74, 6) is -0.199. The number of amides is 1. The van der Waals surface area contributed by atoms with E-state index in [-0.39, 0.29) is 17.8 Å². The normalized spacial score (nSPS) is 12.2. The van der Waals surface area contributed by atoms with E-state index in [4.69, 9.17) is 5.10 Å². The third-order valence-corrected chi connectivity index (χ3v) is 7.13. The molecule has 4 rings (SSSR count). The molecule has 0 aliphatic heterocycles. The summed E-state index contributed by atoms with van der Waals surface area (Å²) in [5.41, 5.74) is 3.41. The van der Waals surface area contributed by atoms with Gasteiger partial charge >= 0.3 is 0 Å². The van der Waals surface area contributed by atoms with E-state index in [0.29, 0.717) is 19.3 Å². The van der Waals surface area contributed by atoms with Gasteiger partial charge in [-0.25, -0.2) is 9.07 Å². The SMILES string of the molecule is CCN(CC)CCCC(C)NC(=O)CCCc1cc(-c2cccc(F)c2)nn1-c1ccc2ccccc2c1. The molecule has 0 radical (unpaired) electrons. The number of nitrogens with one attached hydrogen (secondary N) is 1. The zero-order valence-electron chi connectivity index (χ0n) is 22.8. The van der Waals surface area contributed by atoms with E-state index < -0.39 is 0 Å². The lowest BCUT2D eigenvalue weighted by atomic mass is 10.1. The largest absolute Gasteiger partial charge is 0.354 e. The summed E-state index contributed by atoms with van der Waals surface area (Å²) in [5, 5.41) is 10.3. The number of fused-ring (bicyclic) bond motifs is 1. The summed E-state index contributed by atoms with van der Waals surface area (Å²) >= 11 is 0. The summed E-state index contributed by atoms with van der Waals surface area (Å²) in [6, 6.07) is 23.2. The van der Waals surface area contributed by atoms with Crippen LogP contribution >= 0.6 is 0 Å². The van der Waals surface area contributed by atoms with Crippen molar-refractivity contribution in [3.8, 4) is 16.9 Å². The van der Waals surface area contributed by atoms with Crippen LogP contribution in [0.3, 0.4) is 0 Å². The van der Waals surface area contributed by atoms with Crippen molar-refractivity contribution >= 4 is 16.7 Å². The number of aromatic nitrogens is 2. The van der Waals surface area contributed by atoms with Crippen molar-refractivity contribution in [2.24, 2.45) is 0 Å². The van der Waals surface area contributed by atoms with Crippen molar-refractivity contribution in [2.45, 2.75) is 58.9 Å². The molecule has 5 nitrogen and oxygen atoms in total. The van der Waals surface area contributed by atoms with Gasteiger partial charge in [0.15, 0.2) is 0 Å². The van der Waals surface area contributed by atoms with E-state index in [2.05, 4.69) is 61.3 Å². The number of rotatable bonds is 13. The van der Waals surface area contributed by atoms with Crippen molar-refractivity contribution in [1.29, 1.82) is 0 Å². The van der Waals surface area contributed by atoms with Gasteiger partial charge < -0.3 is 10.2 Å². The maximum Gasteiger partial charge on any atom is 0.220 e. The zero-order valence-corrected chi connectivity index (χ0v) is 22.8. The highest BCUT2D eigenvalue weighted by atomic mass is 19.1. The van der Waals surface area contributed by atoms with E-state index in [1.165, 1.54) is 12.1 Å². The first-order chi connectivity index (χ1) is 18.5. The number of nitrogens with zero attached hydrogens (tertiary/aromatic N) is 3. The molecule has 0 aliphatic rings. The van der Waals surface area contributed by atoms with Crippen molar-refractivity contribution < 1.29 is 9.18 Å². The predicted octanol–water partition coefficient (Wildman–Crippen LogP) is 6.78. The molecule has 1 aromatic heterocycles. The maximum absolute atomic E-state index is 13.9. The zero-order chi connectivity index (χ0) is 26.9. The van der Waals surface area contributed by atoms with Crippen LogP contribution in [0.2, 0.25) is 0 Å². The van der Waals surface area contributed by atoms with Gasteiger partial charge in [0.1, 0.15) is 5.82 Å². The number of hydrogen-bond donors (Lipinski definition) is 1. The molecule has 6 heteroatoms. The van der Waals surface area contributed by atoms with Crippen LogP contribution in [0.15, 0.2) is 72.8 Å². The van der Waals surface area contributed by atoms with E-state index in [9.17, 15) is 9.18 Å². The van der Waals surface area contributed by atoms with Gasteiger partial charge in [0, 0.05) is 23.7 Å². The first-order valence-electron chi connectivity index (χ1n) is 13.8. The monoisotopic (exact) mass is 514 g/mol. The minimum atomic E-state index is -0.285. The smallest absolute Gasteiger partial charge is 0.220 e. The highest BCUT2D eigenvalue weighted by molar-refractivity contribution is 5.84. The van der Waals surface area contributed by atoms with E-state index in [0.717, 1.165) is 65.9 Å². The first-order valence-corrected chi connectivity index (χ1v) is 13.8. The summed E-state index contributed by atoms with van der Waals surface area (Å²) in [7, 11) is 0. The predicted molar refractivity (Wildman–Crippen MR) is 154 cm³/mol. The Morgan fingerprint density at radius 1 is 0.974 bits per heavy atom. The Bertz CT molecular complexity index is 1340. The van der Waals surface area contributed by atoms with Gasteiger partial charge in [-0.3, -0.25) is 4.79 Å². The number of hydrogen-bond acceptors (Lipinski definition) is 3. The second kappa shape index (κ2) is 13.3. The van der Waals surface area contributed by atoms with E-state index in [1.54, 1.807) is 6.07 Å². The Kier molecular flexibility index (Phi) is 9.66. The van der Waals surface area contributed by atoms with Gasteiger partial charge in [-0.2, -0.15) is 5.10 Å². The minimum Gasteiger partial charge on any atom is -0.354 e. The summed E-state index contributed by atoms with van der Waals surface area (Å²) < 4.78 is 15.9. The Balaban J connectivity index is 1.43. The lowest BCUT2D eigenvalue weighted by molar-refractivity contribution is -0.121. The fraction of sp³-hybridized carbons (Fsp3) is 0.375.